The van der Waals surface area contributed by atoms with Gasteiger partial charge in [0.2, 0.25) is 5.91 Å². The van der Waals surface area contributed by atoms with Crippen LogP contribution >= 0.6 is 0 Å². The molecule has 1 heterocycles. The normalized spacial score (nSPS) is 18.2. The lowest BCUT2D eigenvalue weighted by Gasteiger charge is -2.31. The van der Waals surface area contributed by atoms with Crippen molar-refractivity contribution in [3.63, 3.8) is 0 Å². The zero-order chi connectivity index (χ0) is 12.5. The summed E-state index contributed by atoms with van der Waals surface area (Å²) in [6, 6.07) is 0.652. The van der Waals surface area contributed by atoms with Gasteiger partial charge in [0.25, 0.3) is 0 Å². The summed E-state index contributed by atoms with van der Waals surface area (Å²) >= 11 is 0. The van der Waals surface area contributed by atoms with Crippen LogP contribution in [0.3, 0.4) is 0 Å². The molecule has 0 aromatic carbocycles. The Morgan fingerprint density at radius 3 is 2.59 bits per heavy atom. The molecule has 0 spiro atoms. The molecule has 17 heavy (non-hydrogen) atoms. The van der Waals surface area contributed by atoms with Gasteiger partial charge in [0.05, 0.1) is 6.54 Å². The molecule has 0 atom stereocenters. The van der Waals surface area contributed by atoms with Gasteiger partial charge in [-0.25, -0.2) is 0 Å². The van der Waals surface area contributed by atoms with Crippen LogP contribution in [0.2, 0.25) is 0 Å². The largest absolute Gasteiger partial charge is 0.355 e. The van der Waals surface area contributed by atoms with Crippen molar-refractivity contribution >= 4 is 5.91 Å². The van der Waals surface area contributed by atoms with Gasteiger partial charge >= 0.3 is 0 Å². The van der Waals surface area contributed by atoms with E-state index in [1.165, 1.54) is 0 Å². The molecule has 4 nitrogen and oxygen atoms in total. The minimum absolute atomic E-state index is 0.181. The summed E-state index contributed by atoms with van der Waals surface area (Å²) in [5.41, 5.74) is 0. The Morgan fingerprint density at radius 2 is 2.00 bits per heavy atom. The van der Waals surface area contributed by atoms with Crippen molar-refractivity contribution in [2.45, 2.75) is 45.6 Å². The van der Waals surface area contributed by atoms with Gasteiger partial charge in [0.1, 0.15) is 0 Å². The Balaban J connectivity index is 2.10. The van der Waals surface area contributed by atoms with Crippen LogP contribution in [0.1, 0.15) is 39.5 Å². The highest BCUT2D eigenvalue weighted by Crippen LogP contribution is 2.09. The predicted molar refractivity (Wildman–Crippen MR) is 71.1 cm³/mol. The molecule has 0 radical (unpaired) electrons. The van der Waals surface area contributed by atoms with E-state index in [9.17, 15) is 4.79 Å². The van der Waals surface area contributed by atoms with Gasteiger partial charge in [-0.05, 0) is 25.8 Å². The molecule has 1 rings (SSSR count). The second-order valence-corrected chi connectivity index (χ2v) is 4.81. The van der Waals surface area contributed by atoms with E-state index in [0.717, 1.165) is 51.9 Å². The third-order valence-electron chi connectivity index (χ3n) is 3.30. The maximum atomic E-state index is 11.6. The first-order chi connectivity index (χ1) is 8.26. The van der Waals surface area contributed by atoms with Crippen molar-refractivity contribution in [2.75, 3.05) is 32.7 Å². The number of nitrogens with zero attached hydrogens (tertiary/aromatic N) is 1. The lowest BCUT2D eigenvalue weighted by Crippen LogP contribution is -2.46. The fourth-order valence-electron chi connectivity index (χ4n) is 2.25. The average molecular weight is 241 g/mol. The van der Waals surface area contributed by atoms with Gasteiger partial charge in [-0.3, -0.25) is 9.69 Å². The number of carbonyl (C=O) groups is 1. The van der Waals surface area contributed by atoms with Crippen molar-refractivity contribution in [1.82, 2.24) is 15.5 Å². The maximum absolute atomic E-state index is 11.6. The molecule has 1 saturated heterocycles. The lowest BCUT2D eigenvalue weighted by molar-refractivity contribution is -0.122. The minimum atomic E-state index is 0.181. The molecule has 0 unspecified atom stereocenters. The summed E-state index contributed by atoms with van der Waals surface area (Å²) in [7, 11) is 0. The van der Waals surface area contributed by atoms with Crippen molar-refractivity contribution in [1.29, 1.82) is 0 Å². The minimum Gasteiger partial charge on any atom is -0.355 e. The molecule has 0 saturated carbocycles. The first-order valence-electron chi connectivity index (χ1n) is 6.98. The third-order valence-corrected chi connectivity index (χ3v) is 3.30. The summed E-state index contributed by atoms with van der Waals surface area (Å²) in [6.45, 7) is 8.80. The van der Waals surface area contributed by atoms with Crippen LogP contribution in [0.15, 0.2) is 0 Å². The van der Waals surface area contributed by atoms with Crippen LogP contribution in [0.4, 0.5) is 0 Å². The lowest BCUT2D eigenvalue weighted by atomic mass is 10.1. The molecule has 0 aliphatic carbocycles. The number of unbranched alkanes of at least 4 members (excludes halogenated alkanes) is 1. The van der Waals surface area contributed by atoms with E-state index in [-0.39, 0.29) is 5.91 Å². The first kappa shape index (κ1) is 14.5. The van der Waals surface area contributed by atoms with E-state index < -0.39 is 0 Å². The van der Waals surface area contributed by atoms with E-state index >= 15 is 0 Å². The van der Waals surface area contributed by atoms with Crippen LogP contribution in [-0.4, -0.2) is 49.6 Å². The SMILES string of the molecule is CCCCNC(=O)CN1CCC(NCC)CC1. The van der Waals surface area contributed by atoms with Crippen molar-refractivity contribution < 1.29 is 4.79 Å². The summed E-state index contributed by atoms with van der Waals surface area (Å²) in [6.07, 6.45) is 4.54. The molecule has 1 amide bonds. The number of rotatable bonds is 7. The van der Waals surface area contributed by atoms with Gasteiger partial charge in [0.15, 0.2) is 0 Å². The topological polar surface area (TPSA) is 44.4 Å². The smallest absolute Gasteiger partial charge is 0.234 e. The Hall–Kier alpha value is -0.610. The Labute approximate surface area is 105 Å². The quantitative estimate of drug-likeness (QED) is 0.653. The van der Waals surface area contributed by atoms with Crippen molar-refractivity contribution in [2.24, 2.45) is 0 Å². The van der Waals surface area contributed by atoms with Crippen LogP contribution in [0, 0.1) is 0 Å². The second-order valence-electron chi connectivity index (χ2n) is 4.81. The number of hydrogen-bond acceptors (Lipinski definition) is 3. The average Bonchev–Trinajstić information content (AvgIpc) is 2.32. The third kappa shape index (κ3) is 6.03. The van der Waals surface area contributed by atoms with Gasteiger partial charge < -0.3 is 10.6 Å². The van der Waals surface area contributed by atoms with E-state index in [2.05, 4.69) is 29.4 Å². The Bertz CT molecular complexity index is 213. The number of nitrogens with one attached hydrogen (secondary N) is 2. The maximum Gasteiger partial charge on any atom is 0.234 e. The molecule has 1 aliphatic rings. The molecule has 1 aliphatic heterocycles. The number of piperidine rings is 1. The molecular formula is C13H27N3O. The van der Waals surface area contributed by atoms with E-state index in [1.807, 2.05) is 0 Å². The van der Waals surface area contributed by atoms with Crippen LogP contribution in [0.25, 0.3) is 0 Å². The van der Waals surface area contributed by atoms with Gasteiger partial charge in [-0.2, -0.15) is 0 Å². The summed E-state index contributed by atoms with van der Waals surface area (Å²) in [4.78, 5) is 13.9. The van der Waals surface area contributed by atoms with Crippen LogP contribution in [-0.2, 0) is 4.79 Å². The monoisotopic (exact) mass is 241 g/mol. The fourth-order valence-corrected chi connectivity index (χ4v) is 2.25. The molecular weight excluding hydrogens is 214 g/mol. The highest BCUT2D eigenvalue weighted by molar-refractivity contribution is 5.77. The number of hydrogen-bond donors (Lipinski definition) is 2. The fraction of sp³-hybridized carbons (Fsp3) is 0.923. The first-order valence-corrected chi connectivity index (χ1v) is 6.98. The molecule has 4 heteroatoms. The molecule has 0 aromatic rings. The number of amides is 1. The van der Waals surface area contributed by atoms with Crippen LogP contribution < -0.4 is 10.6 Å². The highest BCUT2D eigenvalue weighted by Gasteiger charge is 2.19. The molecule has 0 bridgehead atoms. The predicted octanol–water partition coefficient (Wildman–Crippen LogP) is 0.977. The zero-order valence-electron chi connectivity index (χ0n) is 11.3. The summed E-state index contributed by atoms with van der Waals surface area (Å²) in [5.74, 6) is 0.181. The van der Waals surface area contributed by atoms with Crippen molar-refractivity contribution in [3.8, 4) is 0 Å². The molecule has 2 N–H and O–H groups in total. The highest BCUT2D eigenvalue weighted by atomic mass is 16.2. The molecule has 100 valence electrons. The Morgan fingerprint density at radius 1 is 1.29 bits per heavy atom. The number of likely N-dealkylation sites (tertiary alicyclic amines) is 1. The standard InChI is InChI=1S/C13H27N3O/c1-3-5-8-15-13(17)11-16-9-6-12(7-10-16)14-4-2/h12,14H,3-11H2,1-2H3,(H,15,17). The van der Waals surface area contributed by atoms with E-state index in [1.54, 1.807) is 0 Å². The summed E-state index contributed by atoms with van der Waals surface area (Å²) < 4.78 is 0. The van der Waals surface area contributed by atoms with Gasteiger partial charge in [-0.1, -0.05) is 20.3 Å². The zero-order valence-corrected chi connectivity index (χ0v) is 11.3. The van der Waals surface area contributed by atoms with Gasteiger partial charge in [-0.15, -0.1) is 0 Å². The second kappa shape index (κ2) is 8.48. The van der Waals surface area contributed by atoms with Gasteiger partial charge in [0, 0.05) is 25.7 Å². The Kier molecular flexibility index (Phi) is 7.21. The summed E-state index contributed by atoms with van der Waals surface area (Å²) in [5, 5.41) is 6.44. The van der Waals surface area contributed by atoms with E-state index in [0.29, 0.717) is 12.6 Å². The van der Waals surface area contributed by atoms with Crippen molar-refractivity contribution in [3.05, 3.63) is 0 Å². The van der Waals surface area contributed by atoms with Crippen LogP contribution in [0.5, 0.6) is 0 Å². The molecule has 1 fully saturated rings. The molecule has 0 aromatic heterocycles. The van der Waals surface area contributed by atoms with E-state index in [4.69, 9.17) is 0 Å². The number of carbonyl (C=O) groups excluding carboxylic acids is 1.